The van der Waals surface area contributed by atoms with E-state index < -0.39 is 0 Å². The summed E-state index contributed by atoms with van der Waals surface area (Å²) in [7, 11) is 0. The number of carbonyl (C=O) groups is 2. The predicted octanol–water partition coefficient (Wildman–Crippen LogP) is 2.70. The molecule has 2 N–H and O–H groups in total. The fourth-order valence-electron chi connectivity index (χ4n) is 3.26. The molecule has 0 spiro atoms. The summed E-state index contributed by atoms with van der Waals surface area (Å²) in [5.41, 5.74) is 1.34. The second-order valence-corrected chi connectivity index (χ2v) is 6.42. The van der Waals surface area contributed by atoms with Crippen molar-refractivity contribution in [3.8, 4) is 0 Å². The number of urea groups is 1. The number of nitrogens with one attached hydrogen (secondary N) is 2. The van der Waals surface area contributed by atoms with Crippen molar-refractivity contribution in [1.82, 2.24) is 15.3 Å². The molecule has 0 saturated heterocycles. The van der Waals surface area contributed by atoms with Crippen LogP contribution in [-0.2, 0) is 6.42 Å². The van der Waals surface area contributed by atoms with Crippen molar-refractivity contribution in [3.05, 3.63) is 17.5 Å². The molecular weight excluding hydrogens is 280 g/mol. The number of aromatic nitrogens is 2. The summed E-state index contributed by atoms with van der Waals surface area (Å²) in [5, 5.41) is 5.65. The van der Waals surface area contributed by atoms with Gasteiger partial charge < -0.3 is 5.32 Å². The highest BCUT2D eigenvalue weighted by Crippen LogP contribution is 2.24. The molecule has 0 bridgehead atoms. The van der Waals surface area contributed by atoms with Crippen LogP contribution in [0.4, 0.5) is 10.7 Å². The van der Waals surface area contributed by atoms with E-state index in [0.29, 0.717) is 17.9 Å². The molecule has 0 aliphatic heterocycles. The number of rotatable bonds is 2. The van der Waals surface area contributed by atoms with Crippen LogP contribution in [0, 0.1) is 5.92 Å². The molecule has 1 heterocycles. The minimum atomic E-state index is -0.262. The Morgan fingerprint density at radius 1 is 1.23 bits per heavy atom. The van der Waals surface area contributed by atoms with Crippen LogP contribution < -0.4 is 10.6 Å². The molecule has 6 heteroatoms. The van der Waals surface area contributed by atoms with E-state index in [9.17, 15) is 9.59 Å². The van der Waals surface area contributed by atoms with Crippen LogP contribution in [0.3, 0.4) is 0 Å². The second kappa shape index (κ2) is 6.42. The average molecular weight is 302 g/mol. The molecular formula is C16H22N4O2. The van der Waals surface area contributed by atoms with Crippen LogP contribution in [0.2, 0.25) is 0 Å². The van der Waals surface area contributed by atoms with Crippen LogP contribution in [0.25, 0.3) is 0 Å². The molecule has 0 aromatic carbocycles. The molecule has 1 saturated carbocycles. The Morgan fingerprint density at radius 3 is 2.77 bits per heavy atom. The van der Waals surface area contributed by atoms with Gasteiger partial charge in [-0.1, -0.05) is 26.2 Å². The highest BCUT2D eigenvalue weighted by Gasteiger charge is 2.24. The van der Waals surface area contributed by atoms with Crippen molar-refractivity contribution in [1.29, 1.82) is 0 Å². The molecule has 118 valence electrons. The van der Waals surface area contributed by atoms with Gasteiger partial charge in [-0.05, 0) is 25.2 Å². The fourth-order valence-corrected chi connectivity index (χ4v) is 3.26. The van der Waals surface area contributed by atoms with Crippen LogP contribution in [0.5, 0.6) is 0 Å². The maximum absolute atomic E-state index is 12.0. The molecule has 1 fully saturated rings. The molecule has 3 rings (SSSR count). The van der Waals surface area contributed by atoms with E-state index >= 15 is 0 Å². The smallest absolute Gasteiger partial charge is 0.321 e. The van der Waals surface area contributed by atoms with E-state index in [1.807, 2.05) is 6.92 Å². The lowest BCUT2D eigenvalue weighted by Gasteiger charge is -2.23. The lowest BCUT2D eigenvalue weighted by atomic mass is 9.88. The van der Waals surface area contributed by atoms with E-state index in [0.717, 1.165) is 25.0 Å². The van der Waals surface area contributed by atoms with E-state index in [2.05, 4.69) is 20.6 Å². The summed E-state index contributed by atoms with van der Waals surface area (Å²) < 4.78 is 0. The molecule has 2 amide bonds. The van der Waals surface area contributed by atoms with Gasteiger partial charge in [-0.25, -0.2) is 14.8 Å². The summed E-state index contributed by atoms with van der Waals surface area (Å²) >= 11 is 0. The summed E-state index contributed by atoms with van der Waals surface area (Å²) in [4.78, 5) is 32.4. The van der Waals surface area contributed by atoms with Gasteiger partial charge >= 0.3 is 6.03 Å². The zero-order chi connectivity index (χ0) is 15.5. The van der Waals surface area contributed by atoms with Crippen LogP contribution in [-0.4, -0.2) is 27.8 Å². The molecule has 2 aliphatic rings. The first-order chi connectivity index (χ1) is 10.6. The van der Waals surface area contributed by atoms with E-state index in [1.54, 1.807) is 0 Å². The molecule has 0 radical (unpaired) electrons. The normalized spacial score (nSPS) is 22.0. The Bertz CT molecular complexity index is 582. The maximum Gasteiger partial charge on any atom is 0.321 e. The largest absolute Gasteiger partial charge is 0.335 e. The minimum Gasteiger partial charge on any atom is -0.335 e. The standard InChI is InChI=1S/C16H22N4O2/c1-10-7-13-12(14(21)8-10)9-17-15(19-13)20-16(22)18-11-5-3-2-4-6-11/h9-11H,2-8H2,1H3,(H2,17,18,19,20,22)/t10-/m1/s1. The van der Waals surface area contributed by atoms with Crippen molar-refractivity contribution < 1.29 is 9.59 Å². The Hall–Kier alpha value is -1.98. The van der Waals surface area contributed by atoms with E-state index in [4.69, 9.17) is 0 Å². The number of hydrogen-bond donors (Lipinski definition) is 2. The number of carbonyl (C=O) groups excluding carboxylic acids is 2. The van der Waals surface area contributed by atoms with Crippen LogP contribution in [0.1, 0.15) is 61.5 Å². The third kappa shape index (κ3) is 3.43. The van der Waals surface area contributed by atoms with Gasteiger partial charge in [0.2, 0.25) is 5.95 Å². The first-order valence-electron chi connectivity index (χ1n) is 8.08. The van der Waals surface area contributed by atoms with E-state index in [1.165, 1.54) is 25.5 Å². The minimum absolute atomic E-state index is 0.0898. The van der Waals surface area contributed by atoms with Crippen molar-refractivity contribution in [3.63, 3.8) is 0 Å². The van der Waals surface area contributed by atoms with Gasteiger partial charge in [0.05, 0.1) is 11.3 Å². The number of amides is 2. The third-order valence-corrected chi connectivity index (χ3v) is 4.41. The molecule has 6 nitrogen and oxygen atoms in total. The SMILES string of the molecule is C[C@H]1CC(=O)c2cnc(NC(=O)NC3CCCCC3)nc2C1. The quantitative estimate of drug-likeness (QED) is 0.879. The molecule has 1 atom stereocenters. The number of hydrogen-bond acceptors (Lipinski definition) is 4. The number of ketones is 1. The summed E-state index contributed by atoms with van der Waals surface area (Å²) in [6, 6.07) is -0.0185. The predicted molar refractivity (Wildman–Crippen MR) is 82.9 cm³/mol. The van der Waals surface area contributed by atoms with Crippen molar-refractivity contribution >= 4 is 17.8 Å². The first-order valence-corrected chi connectivity index (χ1v) is 8.08. The second-order valence-electron chi connectivity index (χ2n) is 6.42. The van der Waals surface area contributed by atoms with Gasteiger partial charge in [0.15, 0.2) is 5.78 Å². The van der Waals surface area contributed by atoms with Crippen molar-refractivity contribution in [2.75, 3.05) is 5.32 Å². The lowest BCUT2D eigenvalue weighted by Crippen LogP contribution is -2.39. The molecule has 1 aromatic rings. The average Bonchev–Trinajstić information content (AvgIpc) is 2.47. The highest BCUT2D eigenvalue weighted by molar-refractivity contribution is 5.98. The zero-order valence-electron chi connectivity index (χ0n) is 12.9. The lowest BCUT2D eigenvalue weighted by molar-refractivity contribution is 0.0951. The Labute approximate surface area is 130 Å². The molecule has 2 aliphatic carbocycles. The third-order valence-electron chi connectivity index (χ3n) is 4.41. The van der Waals surface area contributed by atoms with Gasteiger partial charge in [-0.3, -0.25) is 10.1 Å². The van der Waals surface area contributed by atoms with Gasteiger partial charge in [0, 0.05) is 18.7 Å². The van der Waals surface area contributed by atoms with Crippen LogP contribution >= 0.6 is 0 Å². The topological polar surface area (TPSA) is 84.0 Å². The number of nitrogens with zero attached hydrogens (tertiary/aromatic N) is 2. The Morgan fingerprint density at radius 2 is 2.00 bits per heavy atom. The maximum atomic E-state index is 12.0. The van der Waals surface area contributed by atoms with Gasteiger partial charge in [0.25, 0.3) is 0 Å². The Kier molecular flexibility index (Phi) is 4.36. The van der Waals surface area contributed by atoms with Crippen LogP contribution in [0.15, 0.2) is 6.20 Å². The van der Waals surface area contributed by atoms with Gasteiger partial charge in [-0.2, -0.15) is 0 Å². The Balaban J connectivity index is 1.64. The van der Waals surface area contributed by atoms with Gasteiger partial charge in [-0.15, -0.1) is 0 Å². The molecule has 1 aromatic heterocycles. The van der Waals surface area contributed by atoms with Crippen molar-refractivity contribution in [2.24, 2.45) is 5.92 Å². The summed E-state index contributed by atoms with van der Waals surface area (Å²) in [5.74, 6) is 0.653. The number of Topliss-reactive ketones (excluding diaryl/α,β-unsaturated/α-hetero) is 1. The number of anilines is 1. The van der Waals surface area contributed by atoms with Crippen molar-refractivity contribution in [2.45, 2.75) is 57.9 Å². The monoisotopic (exact) mass is 302 g/mol. The summed E-state index contributed by atoms with van der Waals surface area (Å²) in [6.07, 6.45) is 8.48. The zero-order valence-corrected chi connectivity index (χ0v) is 12.9. The first kappa shape index (κ1) is 14.9. The highest BCUT2D eigenvalue weighted by atomic mass is 16.2. The summed E-state index contributed by atoms with van der Waals surface area (Å²) in [6.45, 7) is 2.03. The fraction of sp³-hybridized carbons (Fsp3) is 0.625. The molecule has 0 unspecified atom stereocenters. The van der Waals surface area contributed by atoms with Gasteiger partial charge in [0.1, 0.15) is 0 Å². The number of fused-ring (bicyclic) bond motifs is 1. The van der Waals surface area contributed by atoms with E-state index in [-0.39, 0.29) is 23.8 Å². The molecule has 22 heavy (non-hydrogen) atoms.